The van der Waals surface area contributed by atoms with Crippen molar-refractivity contribution in [2.75, 3.05) is 26.3 Å². The van der Waals surface area contributed by atoms with Gasteiger partial charge in [0.15, 0.2) is 5.96 Å². The number of nitrogens with one attached hydrogen (secondary N) is 2. The minimum absolute atomic E-state index is 0. The van der Waals surface area contributed by atoms with E-state index >= 15 is 0 Å². The summed E-state index contributed by atoms with van der Waals surface area (Å²) in [6, 6.07) is 10.4. The Morgan fingerprint density at radius 1 is 1.14 bits per heavy atom. The first kappa shape index (κ1) is 24.4. The van der Waals surface area contributed by atoms with Gasteiger partial charge >= 0.3 is 0 Å². The molecule has 0 unspecified atom stereocenters. The normalized spacial score (nSPS) is 11.2. The summed E-state index contributed by atoms with van der Waals surface area (Å²) in [6.45, 7) is 10.0. The Morgan fingerprint density at radius 3 is 2.54 bits per heavy atom. The van der Waals surface area contributed by atoms with Crippen LogP contribution in [0.2, 0.25) is 0 Å². The number of rotatable bonds is 10. The molecule has 0 aliphatic heterocycles. The van der Waals surface area contributed by atoms with E-state index in [2.05, 4.69) is 53.8 Å². The highest BCUT2D eigenvalue weighted by atomic mass is 127. The number of halogens is 1. The maximum Gasteiger partial charge on any atom is 0.191 e. The van der Waals surface area contributed by atoms with Gasteiger partial charge in [-0.3, -0.25) is 4.68 Å². The Hall–Kier alpha value is -1.61. The van der Waals surface area contributed by atoms with Crippen molar-refractivity contribution < 1.29 is 4.74 Å². The molecule has 156 valence electrons. The summed E-state index contributed by atoms with van der Waals surface area (Å²) in [4.78, 5) is 4.69. The van der Waals surface area contributed by atoms with Gasteiger partial charge in [-0.2, -0.15) is 5.10 Å². The zero-order chi connectivity index (χ0) is 19.5. The lowest BCUT2D eigenvalue weighted by molar-refractivity contribution is 0.135. The zero-order valence-corrected chi connectivity index (χ0v) is 19.8. The molecule has 0 radical (unpaired) electrons. The lowest BCUT2D eigenvalue weighted by Gasteiger charge is -2.11. The van der Waals surface area contributed by atoms with Crippen LogP contribution in [0.3, 0.4) is 0 Å². The number of hydrogen-bond acceptors (Lipinski definition) is 3. The molecule has 0 aliphatic carbocycles. The Labute approximate surface area is 186 Å². The third-order valence-corrected chi connectivity index (χ3v) is 4.53. The Kier molecular flexibility index (Phi) is 11.8. The summed E-state index contributed by atoms with van der Waals surface area (Å²) in [5.41, 5.74) is 4.72. The van der Waals surface area contributed by atoms with E-state index in [-0.39, 0.29) is 24.0 Å². The molecule has 0 spiro atoms. The van der Waals surface area contributed by atoms with E-state index in [1.165, 1.54) is 16.8 Å². The molecule has 7 heteroatoms. The van der Waals surface area contributed by atoms with Crippen LogP contribution < -0.4 is 10.6 Å². The first-order chi connectivity index (χ1) is 13.1. The molecule has 0 bridgehead atoms. The first-order valence-electron chi connectivity index (χ1n) is 9.74. The van der Waals surface area contributed by atoms with E-state index in [1.807, 2.05) is 24.7 Å². The summed E-state index contributed by atoms with van der Waals surface area (Å²) < 4.78 is 7.64. The third kappa shape index (κ3) is 8.18. The second-order valence-electron chi connectivity index (χ2n) is 6.60. The van der Waals surface area contributed by atoms with Gasteiger partial charge in [-0.15, -0.1) is 24.0 Å². The fourth-order valence-electron chi connectivity index (χ4n) is 2.86. The van der Waals surface area contributed by atoms with Gasteiger partial charge in [0.25, 0.3) is 0 Å². The van der Waals surface area contributed by atoms with Crippen molar-refractivity contribution in [3.8, 4) is 0 Å². The van der Waals surface area contributed by atoms with Gasteiger partial charge in [-0.25, -0.2) is 4.99 Å². The molecule has 2 aromatic rings. The first-order valence-corrected chi connectivity index (χ1v) is 9.74. The fourth-order valence-corrected chi connectivity index (χ4v) is 2.86. The minimum Gasteiger partial charge on any atom is -0.381 e. The molecule has 0 saturated carbocycles. The average molecular weight is 499 g/mol. The number of ether oxygens (including phenoxy) is 1. The molecular formula is C21H34IN5O. The van der Waals surface area contributed by atoms with Gasteiger partial charge in [0.05, 0.1) is 18.8 Å². The molecule has 0 aliphatic rings. The molecule has 0 fully saturated rings. The Balaban J connectivity index is 0.00000392. The molecule has 0 amide bonds. The molecular weight excluding hydrogens is 465 g/mol. The number of aromatic nitrogens is 2. The predicted molar refractivity (Wildman–Crippen MR) is 126 cm³/mol. The number of hydrogen-bond donors (Lipinski definition) is 2. The zero-order valence-electron chi connectivity index (χ0n) is 17.5. The van der Waals surface area contributed by atoms with Crippen LogP contribution in [-0.4, -0.2) is 42.0 Å². The van der Waals surface area contributed by atoms with Gasteiger partial charge in [0.1, 0.15) is 0 Å². The van der Waals surface area contributed by atoms with E-state index < -0.39 is 0 Å². The summed E-state index contributed by atoms with van der Waals surface area (Å²) in [5, 5.41) is 11.1. The maximum atomic E-state index is 5.73. The molecule has 0 saturated heterocycles. The van der Waals surface area contributed by atoms with Crippen LogP contribution in [0.5, 0.6) is 0 Å². The van der Waals surface area contributed by atoms with E-state index in [4.69, 9.17) is 9.73 Å². The second-order valence-corrected chi connectivity index (χ2v) is 6.60. The van der Waals surface area contributed by atoms with E-state index in [9.17, 15) is 0 Å². The standard InChI is InChI=1S/C21H33N5O.HI/c1-5-22-21(24-16-20-17(2)25-26(4)18(20)3)23-13-9-14-27-15-12-19-10-7-6-8-11-19;/h6-8,10-11H,5,9,12-16H2,1-4H3,(H2,22,23,24);1H. The van der Waals surface area contributed by atoms with Crippen molar-refractivity contribution >= 4 is 29.9 Å². The lowest BCUT2D eigenvalue weighted by atomic mass is 10.2. The number of aryl methyl sites for hydroxylation is 2. The summed E-state index contributed by atoms with van der Waals surface area (Å²) in [5.74, 6) is 0.837. The van der Waals surface area contributed by atoms with E-state index in [0.717, 1.165) is 50.8 Å². The van der Waals surface area contributed by atoms with Crippen molar-refractivity contribution in [3.63, 3.8) is 0 Å². The third-order valence-electron chi connectivity index (χ3n) is 4.53. The Morgan fingerprint density at radius 2 is 1.89 bits per heavy atom. The molecule has 2 rings (SSSR count). The summed E-state index contributed by atoms with van der Waals surface area (Å²) in [7, 11) is 1.97. The molecule has 28 heavy (non-hydrogen) atoms. The van der Waals surface area contributed by atoms with Gasteiger partial charge in [0, 0.05) is 38.0 Å². The highest BCUT2D eigenvalue weighted by Crippen LogP contribution is 2.12. The number of benzene rings is 1. The number of guanidine groups is 1. The van der Waals surface area contributed by atoms with Crippen LogP contribution >= 0.6 is 24.0 Å². The quantitative estimate of drug-likeness (QED) is 0.228. The van der Waals surface area contributed by atoms with Crippen LogP contribution in [0.25, 0.3) is 0 Å². The molecule has 0 atom stereocenters. The largest absolute Gasteiger partial charge is 0.381 e. The van der Waals surface area contributed by atoms with E-state index in [1.54, 1.807) is 0 Å². The predicted octanol–water partition coefficient (Wildman–Crippen LogP) is 3.36. The highest BCUT2D eigenvalue weighted by molar-refractivity contribution is 14.0. The van der Waals surface area contributed by atoms with Crippen LogP contribution in [0.15, 0.2) is 35.3 Å². The van der Waals surface area contributed by atoms with Gasteiger partial charge < -0.3 is 15.4 Å². The summed E-state index contributed by atoms with van der Waals surface area (Å²) >= 11 is 0. The molecule has 6 nitrogen and oxygen atoms in total. The van der Waals surface area contributed by atoms with Crippen molar-refractivity contribution in [3.05, 3.63) is 52.8 Å². The van der Waals surface area contributed by atoms with Crippen LogP contribution in [-0.2, 0) is 24.8 Å². The van der Waals surface area contributed by atoms with E-state index in [0.29, 0.717) is 6.54 Å². The van der Waals surface area contributed by atoms with Crippen LogP contribution in [0, 0.1) is 13.8 Å². The average Bonchev–Trinajstić information content (AvgIpc) is 2.91. The minimum atomic E-state index is 0. The van der Waals surface area contributed by atoms with Gasteiger partial charge in [-0.05, 0) is 39.2 Å². The maximum absolute atomic E-state index is 5.73. The summed E-state index contributed by atoms with van der Waals surface area (Å²) in [6.07, 6.45) is 1.91. The van der Waals surface area contributed by atoms with Crippen molar-refractivity contribution in [2.24, 2.45) is 12.0 Å². The highest BCUT2D eigenvalue weighted by Gasteiger charge is 2.08. The topological polar surface area (TPSA) is 63.5 Å². The monoisotopic (exact) mass is 499 g/mol. The number of aliphatic imine (C=N–C) groups is 1. The molecule has 1 heterocycles. The van der Waals surface area contributed by atoms with Crippen molar-refractivity contribution in [1.29, 1.82) is 0 Å². The second kappa shape index (κ2) is 13.5. The fraction of sp³-hybridized carbons (Fsp3) is 0.524. The smallest absolute Gasteiger partial charge is 0.191 e. The van der Waals surface area contributed by atoms with Gasteiger partial charge in [-0.1, -0.05) is 30.3 Å². The lowest BCUT2D eigenvalue weighted by Crippen LogP contribution is -2.38. The Bertz CT molecular complexity index is 715. The van der Waals surface area contributed by atoms with Gasteiger partial charge in [0.2, 0.25) is 0 Å². The van der Waals surface area contributed by atoms with Crippen molar-refractivity contribution in [1.82, 2.24) is 20.4 Å². The van der Waals surface area contributed by atoms with Crippen LogP contribution in [0.1, 0.15) is 35.9 Å². The molecule has 1 aromatic carbocycles. The van der Waals surface area contributed by atoms with Crippen LogP contribution in [0.4, 0.5) is 0 Å². The molecule has 1 aromatic heterocycles. The molecule has 2 N–H and O–H groups in total. The van der Waals surface area contributed by atoms with Crippen molar-refractivity contribution in [2.45, 2.75) is 40.2 Å². The SMILES string of the molecule is CCNC(=NCc1c(C)nn(C)c1C)NCCCOCCc1ccccc1.I. The number of nitrogens with zero attached hydrogens (tertiary/aromatic N) is 3.